The van der Waals surface area contributed by atoms with Crippen LogP contribution in [0.3, 0.4) is 0 Å². The first-order valence-electron chi connectivity index (χ1n) is 6.00. The van der Waals surface area contributed by atoms with Gasteiger partial charge in [0.05, 0.1) is 18.9 Å². The van der Waals surface area contributed by atoms with Crippen LogP contribution in [0, 0.1) is 11.3 Å². The molecule has 2 aromatic rings. The predicted octanol–water partition coefficient (Wildman–Crippen LogP) is 3.24. The molecule has 4 nitrogen and oxygen atoms in total. The third-order valence-electron chi connectivity index (χ3n) is 2.70. The molecular weight excluding hydrogens is 262 g/mol. The van der Waals surface area contributed by atoms with Gasteiger partial charge >= 0.3 is 0 Å². The third-order valence-corrected chi connectivity index (χ3v) is 2.90. The lowest BCUT2D eigenvalue weighted by molar-refractivity contribution is 0.240. The number of rotatable bonds is 6. The van der Waals surface area contributed by atoms with Crippen molar-refractivity contribution in [1.29, 1.82) is 5.26 Å². The minimum atomic E-state index is 0.482. The molecule has 0 unspecified atom stereocenters. The molecule has 0 spiro atoms. The number of halogens is 1. The Balaban J connectivity index is 2.03. The molecular formula is C14H14ClN3O. The van der Waals surface area contributed by atoms with E-state index in [4.69, 9.17) is 21.3 Å². The van der Waals surface area contributed by atoms with Crippen LogP contribution in [0.4, 0.5) is 0 Å². The summed E-state index contributed by atoms with van der Waals surface area (Å²) in [6.45, 7) is 2.08. The van der Waals surface area contributed by atoms with Crippen molar-refractivity contribution >= 4 is 11.6 Å². The second-order valence-corrected chi connectivity index (χ2v) is 4.57. The molecule has 0 amide bonds. The highest BCUT2D eigenvalue weighted by molar-refractivity contribution is 6.29. The summed E-state index contributed by atoms with van der Waals surface area (Å²) in [5, 5.41) is 9.20. The van der Waals surface area contributed by atoms with Gasteiger partial charge in [-0.05, 0) is 29.8 Å². The van der Waals surface area contributed by atoms with Crippen molar-refractivity contribution in [3.8, 4) is 6.07 Å². The van der Waals surface area contributed by atoms with Crippen molar-refractivity contribution in [2.45, 2.75) is 19.5 Å². The highest BCUT2D eigenvalue weighted by Crippen LogP contribution is 2.13. The van der Waals surface area contributed by atoms with Crippen molar-refractivity contribution in [2.75, 3.05) is 6.54 Å². The molecule has 2 rings (SSSR count). The second-order valence-electron chi connectivity index (χ2n) is 4.18. The molecule has 2 heterocycles. The molecule has 0 aliphatic heterocycles. The van der Waals surface area contributed by atoms with Crippen molar-refractivity contribution < 1.29 is 4.42 Å². The molecule has 0 radical (unpaired) electrons. The molecule has 0 aliphatic carbocycles. The number of aromatic nitrogens is 1. The zero-order valence-electron chi connectivity index (χ0n) is 10.4. The van der Waals surface area contributed by atoms with E-state index in [0.29, 0.717) is 31.2 Å². The van der Waals surface area contributed by atoms with Crippen LogP contribution in [0.1, 0.15) is 17.7 Å². The minimum absolute atomic E-state index is 0.482. The Morgan fingerprint density at radius 1 is 1.37 bits per heavy atom. The fraction of sp³-hybridized carbons (Fsp3) is 0.286. The zero-order valence-corrected chi connectivity index (χ0v) is 11.2. The second kappa shape index (κ2) is 6.93. The van der Waals surface area contributed by atoms with E-state index in [9.17, 15) is 0 Å². The van der Waals surface area contributed by atoms with Crippen LogP contribution in [-0.2, 0) is 13.1 Å². The normalized spacial score (nSPS) is 10.6. The Kier molecular flexibility index (Phi) is 4.96. The van der Waals surface area contributed by atoms with E-state index in [1.54, 1.807) is 12.5 Å². The van der Waals surface area contributed by atoms with Gasteiger partial charge in [-0.2, -0.15) is 5.26 Å². The average Bonchev–Trinajstić information content (AvgIpc) is 2.89. The summed E-state index contributed by atoms with van der Waals surface area (Å²) in [6, 6.07) is 9.72. The first kappa shape index (κ1) is 13.6. The zero-order chi connectivity index (χ0) is 13.5. The van der Waals surface area contributed by atoms with Crippen molar-refractivity contribution in [3.05, 3.63) is 53.2 Å². The molecule has 98 valence electrons. The molecule has 0 saturated carbocycles. The molecule has 19 heavy (non-hydrogen) atoms. The van der Waals surface area contributed by atoms with E-state index < -0.39 is 0 Å². The van der Waals surface area contributed by atoms with Gasteiger partial charge in [-0.15, -0.1) is 0 Å². The van der Waals surface area contributed by atoms with Gasteiger partial charge in [0.2, 0.25) is 0 Å². The first-order chi connectivity index (χ1) is 9.28. The number of pyridine rings is 1. The molecule has 0 fully saturated rings. The number of hydrogen-bond donors (Lipinski definition) is 0. The third kappa shape index (κ3) is 4.40. The van der Waals surface area contributed by atoms with E-state index in [0.717, 1.165) is 11.3 Å². The van der Waals surface area contributed by atoms with Gasteiger partial charge in [-0.25, -0.2) is 4.98 Å². The van der Waals surface area contributed by atoms with Crippen molar-refractivity contribution in [2.24, 2.45) is 0 Å². The van der Waals surface area contributed by atoms with Gasteiger partial charge in [0.15, 0.2) is 0 Å². The van der Waals surface area contributed by atoms with Crippen LogP contribution in [0.2, 0.25) is 5.15 Å². The lowest BCUT2D eigenvalue weighted by atomic mass is 10.2. The van der Waals surface area contributed by atoms with Crippen molar-refractivity contribution in [3.63, 3.8) is 0 Å². The van der Waals surface area contributed by atoms with Crippen LogP contribution in [0.25, 0.3) is 0 Å². The Morgan fingerprint density at radius 2 is 2.26 bits per heavy atom. The Labute approximate surface area is 117 Å². The molecule has 0 bridgehead atoms. The smallest absolute Gasteiger partial charge is 0.129 e. The fourth-order valence-corrected chi connectivity index (χ4v) is 2.04. The summed E-state index contributed by atoms with van der Waals surface area (Å²) in [5.74, 6) is 0.887. The Morgan fingerprint density at radius 3 is 2.95 bits per heavy atom. The van der Waals surface area contributed by atoms with E-state index in [2.05, 4.69) is 16.0 Å². The topological polar surface area (TPSA) is 53.1 Å². The van der Waals surface area contributed by atoms with Crippen LogP contribution >= 0.6 is 11.6 Å². The summed E-state index contributed by atoms with van der Waals surface area (Å²) in [4.78, 5) is 6.11. The number of furan rings is 1. The monoisotopic (exact) mass is 275 g/mol. The maximum absolute atomic E-state index is 8.72. The standard InChI is InChI=1S/C14H14ClN3O/c15-14-9-12(4-6-17-14)10-18(7-2-5-16)11-13-3-1-8-19-13/h1,3-4,6,8-9H,2,7,10-11H2. The first-order valence-corrected chi connectivity index (χ1v) is 6.38. The number of nitriles is 1. The summed E-state index contributed by atoms with van der Waals surface area (Å²) in [6.07, 6.45) is 3.83. The van der Waals surface area contributed by atoms with Crippen LogP contribution in [0.15, 0.2) is 41.1 Å². The van der Waals surface area contributed by atoms with Gasteiger partial charge in [-0.1, -0.05) is 11.6 Å². The fourth-order valence-electron chi connectivity index (χ4n) is 1.84. The summed E-state index contributed by atoms with van der Waals surface area (Å²) in [5.41, 5.74) is 1.07. The largest absolute Gasteiger partial charge is 0.468 e. The Bertz CT molecular complexity index is 548. The molecule has 5 heteroatoms. The van der Waals surface area contributed by atoms with Gasteiger partial charge in [-0.3, -0.25) is 4.90 Å². The SMILES string of the molecule is N#CCCN(Cc1ccnc(Cl)c1)Cc1ccco1. The van der Waals surface area contributed by atoms with Crippen molar-refractivity contribution in [1.82, 2.24) is 9.88 Å². The lowest BCUT2D eigenvalue weighted by Gasteiger charge is -2.20. The lowest BCUT2D eigenvalue weighted by Crippen LogP contribution is -2.23. The average molecular weight is 276 g/mol. The van der Waals surface area contributed by atoms with E-state index in [1.807, 2.05) is 24.3 Å². The van der Waals surface area contributed by atoms with Crippen LogP contribution < -0.4 is 0 Å². The van der Waals surface area contributed by atoms with E-state index in [1.165, 1.54) is 0 Å². The van der Waals surface area contributed by atoms with Gasteiger partial charge < -0.3 is 4.42 Å². The van der Waals surface area contributed by atoms with Gasteiger partial charge in [0, 0.05) is 25.7 Å². The Hall–Kier alpha value is -1.83. The van der Waals surface area contributed by atoms with Crippen LogP contribution in [-0.4, -0.2) is 16.4 Å². The summed E-state index contributed by atoms with van der Waals surface area (Å²) >= 11 is 5.87. The molecule has 0 N–H and O–H groups in total. The van der Waals surface area contributed by atoms with E-state index in [-0.39, 0.29) is 0 Å². The van der Waals surface area contributed by atoms with Gasteiger partial charge in [0.1, 0.15) is 10.9 Å². The van der Waals surface area contributed by atoms with E-state index >= 15 is 0 Å². The highest BCUT2D eigenvalue weighted by Gasteiger charge is 2.09. The number of nitrogens with zero attached hydrogens (tertiary/aromatic N) is 3. The quantitative estimate of drug-likeness (QED) is 0.760. The maximum atomic E-state index is 8.72. The maximum Gasteiger partial charge on any atom is 0.129 e. The minimum Gasteiger partial charge on any atom is -0.468 e. The number of hydrogen-bond acceptors (Lipinski definition) is 4. The molecule has 0 aliphatic rings. The molecule has 0 aromatic carbocycles. The molecule has 0 saturated heterocycles. The molecule has 2 aromatic heterocycles. The van der Waals surface area contributed by atoms with Crippen LogP contribution in [0.5, 0.6) is 0 Å². The predicted molar refractivity (Wildman–Crippen MR) is 72.3 cm³/mol. The molecule has 0 atom stereocenters. The summed E-state index contributed by atoms with van der Waals surface area (Å²) in [7, 11) is 0. The van der Waals surface area contributed by atoms with Gasteiger partial charge in [0.25, 0.3) is 0 Å². The highest BCUT2D eigenvalue weighted by atomic mass is 35.5. The summed E-state index contributed by atoms with van der Waals surface area (Å²) < 4.78 is 5.34.